The number of amides is 1. The van der Waals surface area contributed by atoms with Crippen LogP contribution in [0.3, 0.4) is 0 Å². The van der Waals surface area contributed by atoms with Crippen molar-refractivity contribution in [2.75, 3.05) is 6.16 Å². The summed E-state index contributed by atoms with van der Waals surface area (Å²) in [5.41, 5.74) is 3.82. The van der Waals surface area contributed by atoms with Crippen molar-refractivity contribution < 1.29 is 14.0 Å². The van der Waals surface area contributed by atoms with Crippen molar-refractivity contribution in [2.45, 2.75) is 47.6 Å². The van der Waals surface area contributed by atoms with Crippen LogP contribution in [0.5, 0.6) is 0 Å². The zero-order valence-corrected chi connectivity index (χ0v) is 19.2. The number of aryl methyl sites for hydroxylation is 1. The fraction of sp³-hybridized carbons (Fsp3) is 0.333. The van der Waals surface area contributed by atoms with Crippen molar-refractivity contribution in [1.82, 2.24) is 5.32 Å². The third kappa shape index (κ3) is 7.47. The Kier molecular flexibility index (Phi) is 10.9. The van der Waals surface area contributed by atoms with Gasteiger partial charge >= 0.3 is 0 Å². The molecule has 1 amide bonds. The molecular formula is C24H32NO3P. The van der Waals surface area contributed by atoms with Gasteiger partial charge in [0.05, 0.1) is 6.26 Å². The number of carbonyl (C=O) groups excluding carboxylic acids is 2. The van der Waals surface area contributed by atoms with E-state index >= 15 is 0 Å². The third-order valence-corrected chi connectivity index (χ3v) is 4.60. The van der Waals surface area contributed by atoms with Crippen LogP contribution in [0.4, 0.5) is 0 Å². The highest BCUT2D eigenvalue weighted by atomic mass is 31.0. The van der Waals surface area contributed by atoms with Gasteiger partial charge in [0.2, 0.25) is 5.91 Å². The lowest BCUT2D eigenvalue weighted by atomic mass is 9.98. The highest BCUT2D eigenvalue weighted by molar-refractivity contribution is 7.16. The quantitative estimate of drug-likeness (QED) is 0.418. The minimum atomic E-state index is -0.125. The van der Waals surface area contributed by atoms with E-state index in [9.17, 15) is 9.59 Å². The molecule has 1 atom stereocenters. The Balaban J connectivity index is 0.000000627. The Hall–Kier alpha value is -2.45. The molecule has 5 heteroatoms. The van der Waals surface area contributed by atoms with Crippen LogP contribution in [-0.2, 0) is 11.3 Å². The van der Waals surface area contributed by atoms with Gasteiger partial charge in [0.15, 0.2) is 5.78 Å². The molecule has 3 aromatic rings. The largest absolute Gasteiger partial charge is 0.464 e. The molecule has 0 fully saturated rings. The van der Waals surface area contributed by atoms with E-state index in [2.05, 4.69) is 21.5 Å². The molecule has 1 N–H and O–H groups in total. The minimum Gasteiger partial charge on any atom is -0.464 e. The van der Waals surface area contributed by atoms with E-state index in [0.717, 1.165) is 16.5 Å². The first-order valence-corrected chi connectivity index (χ1v) is 10.8. The van der Waals surface area contributed by atoms with Gasteiger partial charge in [-0.05, 0) is 31.3 Å². The zero-order chi connectivity index (χ0) is 21.8. The third-order valence-electron chi connectivity index (χ3n) is 4.02. The number of ketones is 1. The second-order valence-electron chi connectivity index (χ2n) is 6.37. The summed E-state index contributed by atoms with van der Waals surface area (Å²) in [6.07, 6.45) is 4.10. The van der Waals surface area contributed by atoms with Crippen molar-refractivity contribution in [2.24, 2.45) is 0 Å². The average Bonchev–Trinajstić information content (AvgIpc) is 3.22. The molecule has 1 heterocycles. The summed E-state index contributed by atoms with van der Waals surface area (Å²) in [5.74, 6) is -0.169. The molecule has 1 unspecified atom stereocenters. The lowest BCUT2D eigenvalue weighted by Crippen LogP contribution is -2.19. The second-order valence-corrected chi connectivity index (χ2v) is 6.95. The van der Waals surface area contributed by atoms with Gasteiger partial charge in [0.1, 0.15) is 5.58 Å². The van der Waals surface area contributed by atoms with Gasteiger partial charge in [-0.1, -0.05) is 57.0 Å². The summed E-state index contributed by atoms with van der Waals surface area (Å²) in [5, 5.41) is 3.60. The fourth-order valence-electron chi connectivity index (χ4n) is 2.51. The maximum Gasteiger partial charge on any atom is 0.217 e. The van der Waals surface area contributed by atoms with Crippen LogP contribution in [0.2, 0.25) is 0 Å². The molecule has 0 saturated carbocycles. The van der Waals surface area contributed by atoms with Crippen LogP contribution < -0.4 is 5.32 Å². The first kappa shape index (κ1) is 24.6. The summed E-state index contributed by atoms with van der Waals surface area (Å²) in [7, 11) is 2.66. The van der Waals surface area contributed by atoms with Crippen LogP contribution in [-0.4, -0.2) is 17.9 Å². The Morgan fingerprint density at radius 1 is 1.03 bits per heavy atom. The van der Waals surface area contributed by atoms with Crippen molar-refractivity contribution >= 4 is 31.9 Å². The van der Waals surface area contributed by atoms with E-state index in [4.69, 9.17) is 4.42 Å². The molecule has 0 aliphatic heterocycles. The van der Waals surface area contributed by atoms with Crippen molar-refractivity contribution in [3.63, 3.8) is 0 Å². The topological polar surface area (TPSA) is 59.3 Å². The number of carbonyl (C=O) groups is 2. The number of fused-ring (bicyclic) bond motifs is 1. The molecular weight excluding hydrogens is 381 g/mol. The van der Waals surface area contributed by atoms with Crippen molar-refractivity contribution in [1.29, 1.82) is 0 Å². The van der Waals surface area contributed by atoms with Gasteiger partial charge in [0.25, 0.3) is 0 Å². The molecule has 0 spiro atoms. The van der Waals surface area contributed by atoms with E-state index in [1.807, 2.05) is 57.2 Å². The van der Waals surface area contributed by atoms with Crippen molar-refractivity contribution in [3.05, 3.63) is 71.0 Å². The van der Waals surface area contributed by atoms with Crippen molar-refractivity contribution in [3.8, 4) is 0 Å². The van der Waals surface area contributed by atoms with E-state index in [1.54, 1.807) is 12.3 Å². The summed E-state index contributed by atoms with van der Waals surface area (Å²) in [6.45, 7) is 9.93. The number of hydrogen-bond donors (Lipinski definition) is 1. The van der Waals surface area contributed by atoms with Crippen LogP contribution in [0, 0.1) is 6.92 Å². The van der Waals surface area contributed by atoms with Gasteiger partial charge in [-0.3, -0.25) is 9.59 Å². The standard InChI is InChI=1S/C19H17NO3.C3H9P.C2H6/c1-12-3-5-14(6-4-12)18(22)16-9-15-7-8-23-19(15)17(10-16)11-20-13(2)21;1-2-3-4;1-2/h3-10H,11H2,1-2H3,(H,20,21);2-4H2,1H3;1-2H3. The molecule has 2 aromatic carbocycles. The van der Waals surface area contributed by atoms with Crippen LogP contribution in [0.15, 0.2) is 53.1 Å². The second kappa shape index (κ2) is 12.9. The Morgan fingerprint density at radius 2 is 1.66 bits per heavy atom. The highest BCUT2D eigenvalue weighted by Crippen LogP contribution is 2.24. The first-order chi connectivity index (χ1) is 14.0. The average molecular weight is 413 g/mol. The summed E-state index contributed by atoms with van der Waals surface area (Å²) >= 11 is 0. The number of hydrogen-bond acceptors (Lipinski definition) is 3. The van der Waals surface area contributed by atoms with E-state index < -0.39 is 0 Å². The van der Waals surface area contributed by atoms with Crippen LogP contribution >= 0.6 is 9.24 Å². The van der Waals surface area contributed by atoms with Gasteiger partial charge in [0, 0.05) is 35.5 Å². The highest BCUT2D eigenvalue weighted by Gasteiger charge is 2.14. The molecule has 0 saturated heterocycles. The van der Waals surface area contributed by atoms with Crippen LogP contribution in [0.1, 0.15) is 61.2 Å². The number of nitrogens with one attached hydrogen (secondary N) is 1. The SMILES string of the molecule is CC.CC(=O)NCc1cc(C(=O)c2ccc(C)cc2)cc2ccoc12.CCCP. The lowest BCUT2D eigenvalue weighted by Gasteiger charge is -2.07. The molecule has 4 nitrogen and oxygen atoms in total. The van der Waals surface area contributed by atoms with Gasteiger partial charge in [-0.25, -0.2) is 0 Å². The molecule has 3 rings (SSSR count). The predicted molar refractivity (Wildman–Crippen MR) is 125 cm³/mol. The Morgan fingerprint density at radius 3 is 2.21 bits per heavy atom. The monoisotopic (exact) mass is 413 g/mol. The number of rotatable bonds is 5. The summed E-state index contributed by atoms with van der Waals surface area (Å²) < 4.78 is 5.47. The lowest BCUT2D eigenvalue weighted by molar-refractivity contribution is -0.119. The van der Waals surface area contributed by atoms with E-state index in [-0.39, 0.29) is 11.7 Å². The van der Waals surface area contributed by atoms with Gasteiger partial charge in [-0.2, -0.15) is 0 Å². The number of benzene rings is 2. The molecule has 0 radical (unpaired) electrons. The molecule has 0 aliphatic rings. The zero-order valence-electron chi connectivity index (χ0n) is 18.0. The van der Waals surface area contributed by atoms with E-state index in [0.29, 0.717) is 23.3 Å². The van der Waals surface area contributed by atoms with E-state index in [1.165, 1.54) is 19.5 Å². The molecule has 0 aliphatic carbocycles. The Labute approximate surface area is 176 Å². The molecule has 29 heavy (non-hydrogen) atoms. The maximum atomic E-state index is 12.7. The molecule has 156 valence electrons. The minimum absolute atomic E-state index is 0.0443. The maximum absolute atomic E-state index is 12.7. The van der Waals surface area contributed by atoms with Gasteiger partial charge in [-0.15, -0.1) is 9.24 Å². The summed E-state index contributed by atoms with van der Waals surface area (Å²) in [6, 6.07) is 12.9. The molecule has 1 aromatic heterocycles. The van der Waals surface area contributed by atoms with Gasteiger partial charge < -0.3 is 9.73 Å². The van der Waals surface area contributed by atoms with Crippen LogP contribution in [0.25, 0.3) is 11.0 Å². The smallest absolute Gasteiger partial charge is 0.217 e. The first-order valence-electron chi connectivity index (χ1n) is 10.0. The Bertz CT molecular complexity index is 912. The summed E-state index contributed by atoms with van der Waals surface area (Å²) in [4.78, 5) is 23.9. The number of furan rings is 1. The predicted octanol–water partition coefficient (Wildman–Crippen LogP) is 5.91. The normalized spacial score (nSPS) is 9.72. The molecule has 0 bridgehead atoms. The fourth-order valence-corrected chi connectivity index (χ4v) is 2.51.